The van der Waals surface area contributed by atoms with Gasteiger partial charge in [0.1, 0.15) is 17.1 Å². The van der Waals surface area contributed by atoms with Crippen molar-refractivity contribution < 1.29 is 18.9 Å². The molecule has 0 N–H and O–H groups in total. The molecular formula is C23H30N5O3+. The highest BCUT2D eigenvalue weighted by Gasteiger charge is 2.54. The summed E-state index contributed by atoms with van der Waals surface area (Å²) in [5.74, 6) is 2.02. The van der Waals surface area contributed by atoms with E-state index in [1.165, 1.54) is 9.80 Å². The minimum atomic E-state index is -0.635. The third kappa shape index (κ3) is 3.21. The van der Waals surface area contributed by atoms with Gasteiger partial charge in [-0.15, -0.1) is 0 Å². The molecule has 1 aromatic carbocycles. The average molecular weight is 425 g/mol. The topological polar surface area (TPSA) is 71.0 Å². The Bertz CT molecular complexity index is 1090. The number of imide groups is 1. The lowest BCUT2D eigenvalue weighted by atomic mass is 10.1. The maximum atomic E-state index is 13.5. The van der Waals surface area contributed by atoms with Gasteiger partial charge in [0, 0.05) is 13.6 Å². The van der Waals surface area contributed by atoms with Crippen molar-refractivity contribution in [2.45, 2.75) is 47.1 Å². The van der Waals surface area contributed by atoms with E-state index in [1.807, 2.05) is 54.2 Å². The summed E-state index contributed by atoms with van der Waals surface area (Å²) in [5.41, 5.74) is 2.77. The van der Waals surface area contributed by atoms with E-state index < -0.39 is 6.04 Å². The predicted molar refractivity (Wildman–Crippen MR) is 117 cm³/mol. The number of carbonyl (C=O) groups is 2. The molecule has 1 fully saturated rings. The first-order chi connectivity index (χ1) is 14.8. The zero-order chi connectivity index (χ0) is 22.4. The highest BCUT2D eigenvalue weighted by Crippen LogP contribution is 2.35. The Hall–Kier alpha value is -3.16. The van der Waals surface area contributed by atoms with Crippen LogP contribution in [0.15, 0.2) is 29.3 Å². The Morgan fingerprint density at radius 1 is 1.19 bits per heavy atom. The van der Waals surface area contributed by atoms with Crippen molar-refractivity contribution in [1.82, 2.24) is 14.4 Å². The van der Waals surface area contributed by atoms with Crippen molar-refractivity contribution in [3.8, 4) is 11.4 Å². The molecule has 4 rings (SSSR count). The smallest absolute Gasteiger partial charge is 0.407 e. The van der Waals surface area contributed by atoms with Gasteiger partial charge in [-0.05, 0) is 45.2 Å². The summed E-state index contributed by atoms with van der Waals surface area (Å²) in [5, 5.41) is 0. The molecule has 31 heavy (non-hydrogen) atoms. The number of aliphatic imine (C=N–C) groups is 1. The van der Waals surface area contributed by atoms with E-state index in [1.54, 1.807) is 7.05 Å². The second-order valence-electron chi connectivity index (χ2n) is 8.46. The number of ether oxygens (including phenoxy) is 1. The van der Waals surface area contributed by atoms with E-state index in [4.69, 9.17) is 9.73 Å². The van der Waals surface area contributed by atoms with Gasteiger partial charge < -0.3 is 4.74 Å². The van der Waals surface area contributed by atoms with Crippen LogP contribution in [0.1, 0.15) is 44.6 Å². The maximum absolute atomic E-state index is 13.5. The Kier molecular flexibility index (Phi) is 5.33. The summed E-state index contributed by atoms with van der Waals surface area (Å²) in [7, 11) is 1.69. The molecule has 2 aromatic rings. The van der Waals surface area contributed by atoms with Crippen molar-refractivity contribution >= 4 is 23.7 Å². The number of para-hydroxylation sites is 2. The summed E-state index contributed by atoms with van der Waals surface area (Å²) in [6, 6.07) is 6.83. The molecule has 1 aromatic heterocycles. The van der Waals surface area contributed by atoms with Crippen molar-refractivity contribution in [3.63, 3.8) is 0 Å². The predicted octanol–water partition coefficient (Wildman–Crippen LogP) is 3.31. The van der Waals surface area contributed by atoms with Crippen molar-refractivity contribution in [3.05, 3.63) is 35.7 Å². The lowest BCUT2D eigenvalue weighted by molar-refractivity contribution is -0.682. The third-order valence-corrected chi connectivity index (χ3v) is 6.05. The van der Waals surface area contributed by atoms with Gasteiger partial charge in [-0.25, -0.2) is 9.36 Å². The molecule has 164 valence electrons. The number of hydrogen-bond donors (Lipinski definition) is 0. The van der Waals surface area contributed by atoms with E-state index >= 15 is 0 Å². The van der Waals surface area contributed by atoms with Crippen LogP contribution in [0.3, 0.4) is 0 Å². The van der Waals surface area contributed by atoms with Gasteiger partial charge in [-0.1, -0.05) is 31.0 Å². The number of amides is 3. The molecule has 1 unspecified atom stereocenters. The standard InChI is InChI=1S/C23H30N5O3/c1-7-31-18-11-9-8-10-17(18)27-15(4)16(5)28-19-20(24-22(27)28)25(6)23(30)26(21(19)29)13-12-14(2)3/h8-11,14,19H,7,12-13H2,1-6H3/q+1. The Morgan fingerprint density at radius 3 is 2.58 bits per heavy atom. The molecule has 0 spiro atoms. The number of fused-ring (bicyclic) bond motifs is 3. The van der Waals surface area contributed by atoms with Gasteiger partial charge in [0.2, 0.25) is 11.9 Å². The third-order valence-electron chi connectivity index (χ3n) is 6.05. The van der Waals surface area contributed by atoms with Gasteiger partial charge in [0.25, 0.3) is 5.91 Å². The monoisotopic (exact) mass is 424 g/mol. The number of amidine groups is 1. The van der Waals surface area contributed by atoms with E-state index in [-0.39, 0.29) is 11.9 Å². The molecule has 2 aliphatic heterocycles. The molecule has 0 radical (unpaired) electrons. The first-order valence-corrected chi connectivity index (χ1v) is 10.8. The fourth-order valence-electron chi connectivity index (χ4n) is 4.24. The lowest BCUT2D eigenvalue weighted by Crippen LogP contribution is -2.63. The van der Waals surface area contributed by atoms with Crippen LogP contribution in [-0.4, -0.2) is 52.3 Å². The molecule has 8 nitrogen and oxygen atoms in total. The van der Waals surface area contributed by atoms with Crippen LogP contribution in [0.4, 0.5) is 10.7 Å². The first kappa shape index (κ1) is 21.1. The molecule has 3 amide bonds. The number of aromatic nitrogens is 2. The average Bonchev–Trinajstić information content (AvgIpc) is 3.23. The fraction of sp³-hybridized carbons (Fsp3) is 0.478. The van der Waals surface area contributed by atoms with Crippen LogP contribution in [0, 0.1) is 19.8 Å². The van der Waals surface area contributed by atoms with E-state index in [0.29, 0.717) is 30.9 Å². The largest absolute Gasteiger partial charge is 0.490 e. The summed E-state index contributed by atoms with van der Waals surface area (Å²) in [6.45, 7) is 11.1. The summed E-state index contributed by atoms with van der Waals surface area (Å²) < 4.78 is 9.80. The Balaban J connectivity index is 1.85. The van der Waals surface area contributed by atoms with E-state index in [9.17, 15) is 9.59 Å². The van der Waals surface area contributed by atoms with Gasteiger partial charge in [-0.3, -0.25) is 14.6 Å². The second-order valence-corrected chi connectivity index (χ2v) is 8.46. The van der Waals surface area contributed by atoms with E-state index in [2.05, 4.69) is 13.8 Å². The number of urea groups is 1. The van der Waals surface area contributed by atoms with Crippen LogP contribution in [0.25, 0.3) is 5.69 Å². The zero-order valence-electron chi connectivity index (χ0n) is 19.0. The van der Waals surface area contributed by atoms with Crippen LogP contribution < -0.4 is 9.30 Å². The quantitative estimate of drug-likeness (QED) is 0.668. The maximum Gasteiger partial charge on any atom is 0.407 e. The van der Waals surface area contributed by atoms with Crippen molar-refractivity contribution in [2.75, 3.05) is 20.2 Å². The first-order valence-electron chi connectivity index (χ1n) is 10.8. The SMILES string of the molecule is CCOc1ccccc1-n1c(C)c(C)[n+]2c1N=C1C2C(=O)N(CCC(C)C)C(=O)N1C. The molecule has 2 aliphatic rings. The van der Waals surface area contributed by atoms with Crippen LogP contribution in [0.2, 0.25) is 0 Å². The van der Waals surface area contributed by atoms with E-state index in [0.717, 1.165) is 29.2 Å². The molecule has 1 atom stereocenters. The van der Waals surface area contributed by atoms with Crippen LogP contribution >= 0.6 is 0 Å². The van der Waals surface area contributed by atoms with Crippen molar-refractivity contribution in [2.24, 2.45) is 10.9 Å². The minimum Gasteiger partial charge on any atom is -0.490 e. The minimum absolute atomic E-state index is 0.218. The summed E-state index contributed by atoms with van der Waals surface area (Å²) in [4.78, 5) is 34.0. The van der Waals surface area contributed by atoms with Gasteiger partial charge in [-0.2, -0.15) is 4.57 Å². The van der Waals surface area contributed by atoms with Gasteiger partial charge in [0.15, 0.2) is 5.75 Å². The zero-order valence-corrected chi connectivity index (χ0v) is 19.0. The molecule has 0 bridgehead atoms. The number of likely N-dealkylation sites (N-methyl/N-ethyl adjacent to an activating group) is 1. The molecule has 1 saturated heterocycles. The highest BCUT2D eigenvalue weighted by molar-refractivity contribution is 6.19. The van der Waals surface area contributed by atoms with Crippen LogP contribution in [-0.2, 0) is 4.79 Å². The second kappa shape index (κ2) is 7.83. The number of carbonyl (C=O) groups excluding carboxylic acids is 2. The summed E-state index contributed by atoms with van der Waals surface area (Å²) in [6.07, 6.45) is 0.767. The Labute approximate surface area is 182 Å². The number of hydrogen-bond acceptors (Lipinski definition) is 4. The van der Waals surface area contributed by atoms with Crippen molar-refractivity contribution in [1.29, 1.82) is 0 Å². The number of benzene rings is 1. The van der Waals surface area contributed by atoms with Gasteiger partial charge in [0.05, 0.1) is 6.61 Å². The molecular weight excluding hydrogens is 394 g/mol. The highest BCUT2D eigenvalue weighted by atomic mass is 16.5. The number of rotatable bonds is 6. The van der Waals surface area contributed by atoms with Crippen LogP contribution in [0.5, 0.6) is 5.75 Å². The summed E-state index contributed by atoms with van der Waals surface area (Å²) >= 11 is 0. The lowest BCUT2D eigenvalue weighted by Gasteiger charge is -2.33. The molecule has 8 heteroatoms. The van der Waals surface area contributed by atoms with Gasteiger partial charge >= 0.3 is 12.0 Å². The number of imidazole rings is 1. The molecule has 3 heterocycles. The molecule has 0 saturated carbocycles. The Morgan fingerprint density at radius 2 is 1.90 bits per heavy atom. The normalized spacial score (nSPS) is 17.9. The number of nitrogens with zero attached hydrogens (tertiary/aromatic N) is 5. The molecule has 0 aliphatic carbocycles. The fourth-order valence-corrected chi connectivity index (χ4v) is 4.24.